The Morgan fingerprint density at radius 3 is 1.60 bits per heavy atom. The van der Waals surface area contributed by atoms with Crippen LogP contribution in [-0.2, 0) is 4.75 Å². The van der Waals surface area contributed by atoms with Gasteiger partial charge < -0.3 is 9.47 Å². The van der Waals surface area contributed by atoms with Crippen LogP contribution in [-0.4, -0.2) is 14.2 Å². The molecule has 1 fully saturated rings. The summed E-state index contributed by atoms with van der Waals surface area (Å²) >= 11 is 1.99. The van der Waals surface area contributed by atoms with Crippen LogP contribution in [0.3, 0.4) is 0 Å². The Morgan fingerprint density at radius 2 is 1.16 bits per heavy atom. The van der Waals surface area contributed by atoms with Crippen LogP contribution in [0.1, 0.15) is 21.9 Å². The summed E-state index contributed by atoms with van der Waals surface area (Å²) in [6.07, 6.45) is 0. The van der Waals surface area contributed by atoms with E-state index in [1.165, 1.54) is 16.7 Å². The van der Waals surface area contributed by atoms with E-state index < -0.39 is 0 Å². The Labute approximate surface area is 152 Å². The molecule has 4 rings (SSSR count). The zero-order chi connectivity index (χ0) is 17.3. The first-order valence-corrected chi connectivity index (χ1v) is 9.17. The molecular formula is C22H20O2S. The average molecular weight is 348 g/mol. The molecule has 0 saturated carbocycles. The van der Waals surface area contributed by atoms with Gasteiger partial charge in [-0.15, -0.1) is 11.8 Å². The summed E-state index contributed by atoms with van der Waals surface area (Å²) in [7, 11) is 3.40. The van der Waals surface area contributed by atoms with Gasteiger partial charge in [-0.3, -0.25) is 0 Å². The van der Waals surface area contributed by atoms with Gasteiger partial charge in [0, 0.05) is 0 Å². The van der Waals surface area contributed by atoms with E-state index in [-0.39, 0.29) is 4.75 Å². The van der Waals surface area contributed by atoms with Crippen molar-refractivity contribution in [2.45, 2.75) is 10.00 Å². The molecule has 2 nitrogen and oxygen atoms in total. The van der Waals surface area contributed by atoms with Crippen molar-refractivity contribution in [1.29, 1.82) is 0 Å². The number of hydrogen-bond donors (Lipinski definition) is 0. The van der Waals surface area contributed by atoms with Crippen LogP contribution >= 0.6 is 11.8 Å². The number of thioether (sulfide) groups is 1. The van der Waals surface area contributed by atoms with Gasteiger partial charge in [0.25, 0.3) is 0 Å². The predicted molar refractivity (Wildman–Crippen MR) is 104 cm³/mol. The van der Waals surface area contributed by atoms with Crippen LogP contribution in [0.2, 0.25) is 0 Å². The molecule has 1 heterocycles. The third-order valence-corrected chi connectivity index (χ3v) is 6.44. The van der Waals surface area contributed by atoms with E-state index in [2.05, 4.69) is 54.6 Å². The molecule has 1 saturated heterocycles. The summed E-state index contributed by atoms with van der Waals surface area (Å²) < 4.78 is 10.6. The molecule has 1 unspecified atom stereocenters. The molecule has 126 valence electrons. The summed E-state index contributed by atoms with van der Waals surface area (Å²) in [5, 5.41) is 0.412. The molecule has 0 radical (unpaired) electrons. The van der Waals surface area contributed by atoms with Crippen molar-refractivity contribution in [1.82, 2.24) is 0 Å². The molecule has 0 amide bonds. The zero-order valence-corrected chi connectivity index (χ0v) is 15.1. The molecule has 3 aromatic carbocycles. The highest BCUT2D eigenvalue weighted by atomic mass is 32.2. The van der Waals surface area contributed by atoms with Gasteiger partial charge in [0.15, 0.2) is 0 Å². The van der Waals surface area contributed by atoms with Crippen molar-refractivity contribution in [2.24, 2.45) is 0 Å². The highest BCUT2D eigenvalue weighted by Gasteiger charge is 2.58. The largest absolute Gasteiger partial charge is 0.497 e. The molecule has 0 aliphatic carbocycles. The monoisotopic (exact) mass is 348 g/mol. The summed E-state index contributed by atoms with van der Waals surface area (Å²) in [5.41, 5.74) is 3.97. The Bertz CT molecular complexity index is 794. The number of ether oxygens (including phenoxy) is 2. The molecule has 0 bridgehead atoms. The average Bonchev–Trinajstić information content (AvgIpc) is 3.46. The Kier molecular flexibility index (Phi) is 4.18. The van der Waals surface area contributed by atoms with Crippen LogP contribution in [0, 0.1) is 0 Å². The second-order valence-corrected chi connectivity index (χ2v) is 7.45. The van der Waals surface area contributed by atoms with E-state index in [1.807, 2.05) is 36.0 Å². The first kappa shape index (κ1) is 16.1. The van der Waals surface area contributed by atoms with E-state index in [1.54, 1.807) is 14.2 Å². The highest BCUT2D eigenvalue weighted by Crippen LogP contribution is 2.74. The predicted octanol–water partition coefficient (Wildman–Crippen LogP) is 5.44. The van der Waals surface area contributed by atoms with Crippen LogP contribution in [0.25, 0.3) is 0 Å². The molecule has 1 aliphatic rings. The van der Waals surface area contributed by atoms with Gasteiger partial charge in [-0.05, 0) is 41.0 Å². The molecule has 1 aliphatic heterocycles. The van der Waals surface area contributed by atoms with Crippen LogP contribution in [0.4, 0.5) is 0 Å². The topological polar surface area (TPSA) is 18.5 Å². The van der Waals surface area contributed by atoms with E-state index in [0.717, 1.165) is 11.5 Å². The fraction of sp³-hybridized carbons (Fsp3) is 0.182. The zero-order valence-electron chi connectivity index (χ0n) is 14.3. The van der Waals surface area contributed by atoms with E-state index in [9.17, 15) is 0 Å². The number of hydrogen-bond acceptors (Lipinski definition) is 3. The lowest BCUT2D eigenvalue weighted by atomic mass is 9.86. The van der Waals surface area contributed by atoms with Gasteiger partial charge >= 0.3 is 0 Å². The maximum Gasteiger partial charge on any atom is 0.118 e. The van der Waals surface area contributed by atoms with Crippen molar-refractivity contribution in [3.8, 4) is 11.5 Å². The molecule has 3 aromatic rings. The molecule has 1 atom stereocenters. The van der Waals surface area contributed by atoms with Crippen LogP contribution in [0.5, 0.6) is 11.5 Å². The third-order valence-electron chi connectivity index (χ3n) is 4.76. The minimum Gasteiger partial charge on any atom is -0.497 e. The molecule has 0 spiro atoms. The van der Waals surface area contributed by atoms with Gasteiger partial charge in [-0.2, -0.15) is 0 Å². The van der Waals surface area contributed by atoms with E-state index in [0.29, 0.717) is 5.25 Å². The Morgan fingerprint density at radius 1 is 0.680 bits per heavy atom. The van der Waals surface area contributed by atoms with Crippen molar-refractivity contribution in [2.75, 3.05) is 14.2 Å². The van der Waals surface area contributed by atoms with Crippen molar-refractivity contribution in [3.63, 3.8) is 0 Å². The molecule has 25 heavy (non-hydrogen) atoms. The normalized spacial score (nSPS) is 17.8. The Balaban J connectivity index is 1.78. The number of methoxy groups -OCH3 is 2. The van der Waals surface area contributed by atoms with Crippen molar-refractivity contribution in [3.05, 3.63) is 95.6 Å². The molecular weight excluding hydrogens is 328 g/mol. The second-order valence-electron chi connectivity index (χ2n) is 6.10. The SMILES string of the molecule is COc1ccc(C2(c3ccc(OC)cc3)SC2c2ccccc2)cc1. The van der Waals surface area contributed by atoms with Gasteiger partial charge in [0.2, 0.25) is 0 Å². The minimum atomic E-state index is -0.0557. The Hall–Kier alpha value is -2.39. The standard InChI is InChI=1S/C22H20O2S/c1-23-19-12-8-17(9-13-19)22(18-10-14-20(24-2)15-11-18)21(25-22)16-6-4-3-5-7-16/h3-15,21H,1-2H3. The maximum atomic E-state index is 5.33. The second kappa shape index (κ2) is 6.49. The molecule has 0 aromatic heterocycles. The van der Waals surface area contributed by atoms with Crippen LogP contribution < -0.4 is 9.47 Å². The first-order valence-electron chi connectivity index (χ1n) is 8.30. The fourth-order valence-electron chi connectivity index (χ4n) is 3.37. The van der Waals surface area contributed by atoms with Gasteiger partial charge in [-0.1, -0.05) is 54.6 Å². The lowest BCUT2D eigenvalue weighted by molar-refractivity contribution is 0.414. The summed E-state index contributed by atoms with van der Waals surface area (Å²) in [6, 6.07) is 27.6. The van der Waals surface area contributed by atoms with Crippen LogP contribution in [0.15, 0.2) is 78.9 Å². The first-order chi connectivity index (χ1) is 12.3. The van der Waals surface area contributed by atoms with E-state index >= 15 is 0 Å². The lowest BCUT2D eigenvalue weighted by Gasteiger charge is -2.18. The number of rotatable bonds is 5. The fourth-order valence-corrected chi connectivity index (χ4v) is 4.91. The smallest absolute Gasteiger partial charge is 0.118 e. The highest BCUT2D eigenvalue weighted by molar-refractivity contribution is 8.07. The molecule has 0 N–H and O–H groups in total. The number of benzene rings is 3. The quantitative estimate of drug-likeness (QED) is 0.572. The minimum absolute atomic E-state index is 0.0557. The summed E-state index contributed by atoms with van der Waals surface area (Å²) in [5.74, 6) is 1.77. The van der Waals surface area contributed by atoms with E-state index in [4.69, 9.17) is 9.47 Å². The van der Waals surface area contributed by atoms with Gasteiger partial charge in [0.1, 0.15) is 11.5 Å². The van der Waals surface area contributed by atoms with Crippen molar-refractivity contribution < 1.29 is 9.47 Å². The third kappa shape index (κ3) is 2.79. The molecule has 3 heteroatoms. The summed E-state index contributed by atoms with van der Waals surface area (Å²) in [6.45, 7) is 0. The van der Waals surface area contributed by atoms with Gasteiger partial charge in [-0.25, -0.2) is 0 Å². The van der Waals surface area contributed by atoms with Gasteiger partial charge in [0.05, 0.1) is 24.2 Å². The van der Waals surface area contributed by atoms with Crippen molar-refractivity contribution >= 4 is 11.8 Å². The lowest BCUT2D eigenvalue weighted by Crippen LogP contribution is -2.11. The maximum absolute atomic E-state index is 5.33. The summed E-state index contributed by atoms with van der Waals surface area (Å²) in [4.78, 5) is 0.